The van der Waals surface area contributed by atoms with Crippen molar-refractivity contribution in [2.45, 2.75) is 19.9 Å². The van der Waals surface area contributed by atoms with Gasteiger partial charge >= 0.3 is 0 Å². The lowest BCUT2D eigenvalue weighted by Gasteiger charge is -2.26. The van der Waals surface area contributed by atoms with E-state index < -0.39 is 5.56 Å². The molecule has 0 atom stereocenters. The third kappa shape index (κ3) is 1.83. The van der Waals surface area contributed by atoms with Crippen LogP contribution in [0.2, 0.25) is 0 Å². The Kier molecular flexibility index (Phi) is 2.74. The van der Waals surface area contributed by atoms with Gasteiger partial charge < -0.3 is 10.1 Å². The van der Waals surface area contributed by atoms with Crippen LogP contribution in [0, 0.1) is 13.8 Å². The van der Waals surface area contributed by atoms with Gasteiger partial charge in [0, 0.05) is 0 Å². The highest BCUT2D eigenvalue weighted by Gasteiger charge is 2.23. The number of hydrogen-bond acceptors (Lipinski definition) is 4. The summed E-state index contributed by atoms with van der Waals surface area (Å²) >= 11 is 0. The summed E-state index contributed by atoms with van der Waals surface area (Å²) < 4.78 is 4.94. The lowest BCUT2D eigenvalue weighted by Crippen LogP contribution is -2.49. The topological polar surface area (TPSA) is 84.1 Å². The molecule has 0 spiro atoms. The van der Waals surface area contributed by atoms with Crippen molar-refractivity contribution in [2.75, 3.05) is 13.2 Å². The Hall–Kier alpha value is -1.69. The number of H-pyrrole nitrogens is 1. The second kappa shape index (κ2) is 4.05. The first-order valence-corrected chi connectivity index (χ1v) is 5.04. The number of aromatic amines is 1. The predicted molar refractivity (Wildman–Crippen MR) is 56.4 cm³/mol. The van der Waals surface area contributed by atoms with Crippen molar-refractivity contribution < 1.29 is 9.53 Å². The van der Waals surface area contributed by atoms with Crippen molar-refractivity contribution in [3.8, 4) is 0 Å². The smallest absolute Gasteiger partial charge is 0.277 e. The van der Waals surface area contributed by atoms with Gasteiger partial charge in [-0.15, -0.1) is 0 Å². The Bertz CT molecular complexity index is 477. The number of carbonyl (C=O) groups is 1. The summed E-state index contributed by atoms with van der Waals surface area (Å²) in [5, 5.41) is 8.82. The summed E-state index contributed by atoms with van der Waals surface area (Å²) in [5.41, 5.74) is 0.941. The first-order chi connectivity index (χ1) is 7.59. The van der Waals surface area contributed by atoms with Crippen LogP contribution < -0.4 is 10.9 Å². The number of nitrogens with zero attached hydrogens (tertiary/aromatic N) is 1. The van der Waals surface area contributed by atoms with E-state index in [0.717, 1.165) is 0 Å². The van der Waals surface area contributed by atoms with E-state index in [1.165, 1.54) is 0 Å². The molecule has 6 heteroatoms. The van der Waals surface area contributed by atoms with Gasteiger partial charge in [0.05, 0.1) is 24.9 Å². The molecule has 0 bridgehead atoms. The third-order valence-corrected chi connectivity index (χ3v) is 2.67. The fourth-order valence-electron chi connectivity index (χ4n) is 1.48. The summed E-state index contributed by atoms with van der Waals surface area (Å²) in [6.45, 7) is 4.47. The monoisotopic (exact) mass is 223 g/mol. The molecule has 1 saturated heterocycles. The summed E-state index contributed by atoms with van der Waals surface area (Å²) in [6, 6.07) is 0.0137. The van der Waals surface area contributed by atoms with E-state index in [2.05, 4.69) is 15.5 Å². The summed E-state index contributed by atoms with van der Waals surface area (Å²) in [5.74, 6) is -0.363. The Labute approximate surface area is 92.0 Å². The lowest BCUT2D eigenvalue weighted by molar-refractivity contribution is -0.00350. The van der Waals surface area contributed by atoms with E-state index in [9.17, 15) is 9.59 Å². The zero-order valence-electron chi connectivity index (χ0n) is 9.16. The van der Waals surface area contributed by atoms with Crippen molar-refractivity contribution in [2.24, 2.45) is 0 Å². The number of aromatic nitrogens is 2. The minimum Gasteiger partial charge on any atom is -0.377 e. The van der Waals surface area contributed by atoms with Gasteiger partial charge in [0.1, 0.15) is 5.56 Å². The molecule has 0 unspecified atom stereocenters. The molecule has 6 nitrogen and oxygen atoms in total. The van der Waals surface area contributed by atoms with Crippen molar-refractivity contribution in [1.82, 2.24) is 15.5 Å². The molecule has 1 aromatic heterocycles. The molecule has 2 N–H and O–H groups in total. The highest BCUT2D eigenvalue weighted by molar-refractivity contribution is 5.95. The van der Waals surface area contributed by atoms with Gasteiger partial charge in [-0.3, -0.25) is 9.59 Å². The Morgan fingerprint density at radius 3 is 2.75 bits per heavy atom. The quantitative estimate of drug-likeness (QED) is 0.709. The minimum absolute atomic E-state index is 0.0137. The van der Waals surface area contributed by atoms with Gasteiger partial charge in [-0.25, -0.2) is 5.10 Å². The lowest BCUT2D eigenvalue weighted by atomic mass is 10.1. The molecule has 2 heterocycles. The molecule has 1 aromatic rings. The van der Waals surface area contributed by atoms with E-state index in [4.69, 9.17) is 4.74 Å². The van der Waals surface area contributed by atoms with E-state index in [0.29, 0.717) is 24.5 Å². The van der Waals surface area contributed by atoms with E-state index >= 15 is 0 Å². The zero-order valence-corrected chi connectivity index (χ0v) is 9.16. The van der Waals surface area contributed by atoms with Crippen LogP contribution in [-0.4, -0.2) is 35.4 Å². The molecule has 1 aliphatic heterocycles. The predicted octanol–water partition coefficient (Wildman–Crippen LogP) is -0.485. The number of carbonyl (C=O) groups excluding carboxylic acids is 1. The summed E-state index contributed by atoms with van der Waals surface area (Å²) in [6.07, 6.45) is 0. The number of rotatable bonds is 2. The van der Waals surface area contributed by atoms with Crippen LogP contribution in [0.1, 0.15) is 21.6 Å². The number of ether oxygens (including phenoxy) is 1. The zero-order chi connectivity index (χ0) is 11.7. The maximum absolute atomic E-state index is 11.8. The van der Waals surface area contributed by atoms with Gasteiger partial charge in [0.2, 0.25) is 0 Å². The van der Waals surface area contributed by atoms with Crippen LogP contribution in [0.3, 0.4) is 0 Å². The van der Waals surface area contributed by atoms with Gasteiger partial charge in [-0.1, -0.05) is 0 Å². The maximum atomic E-state index is 11.8. The molecule has 0 aliphatic carbocycles. The number of aryl methyl sites for hydroxylation is 1. The highest BCUT2D eigenvalue weighted by atomic mass is 16.5. The van der Waals surface area contributed by atoms with Crippen LogP contribution in [-0.2, 0) is 4.74 Å². The SMILES string of the molecule is Cc1n[nH]c(=O)c(C(=O)NC2COC2)c1C. The Balaban J connectivity index is 2.28. The fourth-order valence-corrected chi connectivity index (χ4v) is 1.48. The van der Waals surface area contributed by atoms with Gasteiger partial charge in [-0.05, 0) is 19.4 Å². The Morgan fingerprint density at radius 1 is 1.50 bits per heavy atom. The van der Waals surface area contributed by atoms with Gasteiger partial charge in [-0.2, -0.15) is 5.10 Å². The first kappa shape index (κ1) is 10.8. The molecule has 0 saturated carbocycles. The molecule has 1 fully saturated rings. The summed E-state index contributed by atoms with van der Waals surface area (Å²) in [4.78, 5) is 23.3. The standard InChI is InChI=1S/C10H13N3O3/c1-5-6(2)12-13-10(15)8(5)9(14)11-7-3-16-4-7/h7H,3-4H2,1-2H3,(H,11,14)(H,13,15). The normalized spacial score (nSPS) is 15.6. The second-order valence-electron chi connectivity index (χ2n) is 3.85. The van der Waals surface area contributed by atoms with Gasteiger partial charge in [0.25, 0.3) is 11.5 Å². The Morgan fingerprint density at radius 2 is 2.19 bits per heavy atom. The van der Waals surface area contributed by atoms with Crippen LogP contribution in [0.15, 0.2) is 4.79 Å². The molecule has 86 valence electrons. The van der Waals surface area contributed by atoms with Crippen molar-refractivity contribution in [3.63, 3.8) is 0 Å². The number of nitrogens with one attached hydrogen (secondary N) is 2. The van der Waals surface area contributed by atoms with E-state index in [-0.39, 0.29) is 17.5 Å². The molecule has 1 amide bonds. The average molecular weight is 223 g/mol. The van der Waals surface area contributed by atoms with E-state index in [1.54, 1.807) is 13.8 Å². The van der Waals surface area contributed by atoms with Crippen LogP contribution in [0.25, 0.3) is 0 Å². The molecule has 16 heavy (non-hydrogen) atoms. The van der Waals surface area contributed by atoms with Crippen LogP contribution in [0.4, 0.5) is 0 Å². The molecule has 1 aliphatic rings. The largest absolute Gasteiger partial charge is 0.377 e. The third-order valence-electron chi connectivity index (χ3n) is 2.67. The number of amides is 1. The molecular formula is C10H13N3O3. The first-order valence-electron chi connectivity index (χ1n) is 5.04. The van der Waals surface area contributed by atoms with Crippen LogP contribution in [0.5, 0.6) is 0 Å². The molecule has 0 radical (unpaired) electrons. The van der Waals surface area contributed by atoms with Crippen molar-refractivity contribution >= 4 is 5.91 Å². The molecule has 0 aromatic carbocycles. The average Bonchev–Trinajstić information content (AvgIpc) is 2.18. The number of hydrogen-bond donors (Lipinski definition) is 2. The second-order valence-corrected chi connectivity index (χ2v) is 3.85. The summed E-state index contributed by atoms with van der Waals surface area (Å²) in [7, 11) is 0. The highest BCUT2D eigenvalue weighted by Crippen LogP contribution is 2.06. The van der Waals surface area contributed by atoms with Gasteiger partial charge in [0.15, 0.2) is 0 Å². The van der Waals surface area contributed by atoms with Crippen LogP contribution >= 0.6 is 0 Å². The molecule has 2 rings (SSSR count). The van der Waals surface area contributed by atoms with Crippen molar-refractivity contribution in [1.29, 1.82) is 0 Å². The van der Waals surface area contributed by atoms with E-state index in [1.807, 2.05) is 0 Å². The maximum Gasteiger partial charge on any atom is 0.277 e. The fraction of sp³-hybridized carbons (Fsp3) is 0.500. The molecular weight excluding hydrogens is 210 g/mol. The minimum atomic E-state index is -0.458. The van der Waals surface area contributed by atoms with Crippen molar-refractivity contribution in [3.05, 3.63) is 27.2 Å².